The van der Waals surface area contributed by atoms with Crippen molar-refractivity contribution in [3.63, 3.8) is 0 Å². The average Bonchev–Trinajstić information content (AvgIpc) is 2.74. The van der Waals surface area contributed by atoms with Crippen LogP contribution in [-0.4, -0.2) is 17.8 Å². The van der Waals surface area contributed by atoms with Crippen LogP contribution < -0.4 is 0 Å². The van der Waals surface area contributed by atoms with E-state index in [-0.39, 0.29) is 0 Å². The third kappa shape index (κ3) is 14.3. The number of unbranched alkanes of at least 4 members (excludes halogenated alkanes) is 8. The van der Waals surface area contributed by atoms with Crippen molar-refractivity contribution in [3.05, 3.63) is 22.5 Å². The predicted octanol–water partition coefficient (Wildman–Crippen LogP) is 9.70. The fraction of sp³-hybridized carbons (Fsp3) is 0.857. The number of hydrogen-bond donors (Lipinski definition) is 1. The van der Waals surface area contributed by atoms with Gasteiger partial charge in [-0.3, -0.25) is 0 Å². The third-order valence-electron chi connectivity index (χ3n) is 6.32. The van der Waals surface area contributed by atoms with Gasteiger partial charge in [-0.1, -0.05) is 91.9 Å². The fourth-order valence-electron chi connectivity index (χ4n) is 4.06. The SMILES string of the molecule is C/C1=C(C)/C(O)=C(/C)CCCC(CCCCCCCCCCCC(C)C)OC1.CC. The molecule has 1 atom stereocenters. The van der Waals surface area contributed by atoms with Crippen molar-refractivity contribution in [3.8, 4) is 0 Å². The van der Waals surface area contributed by atoms with Crippen molar-refractivity contribution in [2.45, 2.75) is 144 Å². The van der Waals surface area contributed by atoms with E-state index in [0.29, 0.717) is 18.5 Å². The Kier molecular flexibility index (Phi) is 18.5. The number of allylic oxidation sites excluding steroid dienone is 2. The summed E-state index contributed by atoms with van der Waals surface area (Å²) in [4.78, 5) is 0. The predicted molar refractivity (Wildman–Crippen MR) is 134 cm³/mol. The van der Waals surface area contributed by atoms with Gasteiger partial charge in [-0.15, -0.1) is 0 Å². The molecule has 1 unspecified atom stereocenters. The largest absolute Gasteiger partial charge is 0.508 e. The molecule has 1 aliphatic heterocycles. The van der Waals surface area contributed by atoms with Gasteiger partial charge in [0.15, 0.2) is 0 Å². The molecule has 1 heterocycles. The van der Waals surface area contributed by atoms with Gasteiger partial charge >= 0.3 is 0 Å². The molecule has 0 aromatic heterocycles. The highest BCUT2D eigenvalue weighted by Gasteiger charge is 2.14. The van der Waals surface area contributed by atoms with Crippen LogP contribution in [0.5, 0.6) is 0 Å². The summed E-state index contributed by atoms with van der Waals surface area (Å²) in [7, 11) is 0. The van der Waals surface area contributed by atoms with E-state index < -0.39 is 0 Å². The molecule has 0 aromatic rings. The first-order valence-corrected chi connectivity index (χ1v) is 13.1. The maximum absolute atomic E-state index is 10.3. The zero-order valence-electron chi connectivity index (χ0n) is 21.6. The van der Waals surface area contributed by atoms with Crippen LogP contribution in [0, 0.1) is 5.92 Å². The number of aliphatic hydroxyl groups is 1. The molecule has 1 aliphatic rings. The standard InChI is InChI=1S/C26H48O2.C2H6/c1-21(2)16-13-11-9-7-6-8-10-12-14-18-25-19-15-17-22(3)26(27)24(5)23(4)20-28-25;1-2/h21,25,27H,6-20H2,1-5H3;1-2H3/b24-23-,26-22+;. The topological polar surface area (TPSA) is 29.5 Å². The van der Waals surface area contributed by atoms with E-state index in [4.69, 9.17) is 4.74 Å². The summed E-state index contributed by atoms with van der Waals surface area (Å²) in [5.74, 6) is 1.35. The fourth-order valence-corrected chi connectivity index (χ4v) is 4.06. The summed E-state index contributed by atoms with van der Waals surface area (Å²) in [6.45, 7) is 15.5. The summed E-state index contributed by atoms with van der Waals surface area (Å²) in [5.41, 5.74) is 3.29. The lowest BCUT2D eigenvalue weighted by Crippen LogP contribution is -2.16. The van der Waals surface area contributed by atoms with E-state index in [1.54, 1.807) is 0 Å². The minimum Gasteiger partial charge on any atom is -0.508 e. The maximum atomic E-state index is 10.3. The molecule has 0 aromatic carbocycles. The second kappa shape index (κ2) is 19.0. The number of rotatable bonds is 12. The molecule has 0 bridgehead atoms. The molecule has 1 rings (SSSR count). The van der Waals surface area contributed by atoms with E-state index in [1.807, 2.05) is 20.8 Å². The average molecular weight is 423 g/mol. The smallest absolute Gasteiger partial charge is 0.117 e. The second-order valence-electron chi connectivity index (χ2n) is 9.51. The number of aliphatic hydroxyl groups excluding tert-OH is 1. The molecule has 0 amide bonds. The van der Waals surface area contributed by atoms with E-state index in [1.165, 1.54) is 70.6 Å². The zero-order chi connectivity index (χ0) is 22.8. The van der Waals surface area contributed by atoms with Crippen LogP contribution in [0.25, 0.3) is 0 Å². The minimum absolute atomic E-state index is 0.386. The maximum Gasteiger partial charge on any atom is 0.117 e. The molecule has 0 radical (unpaired) electrons. The molecule has 0 aliphatic carbocycles. The van der Waals surface area contributed by atoms with Gasteiger partial charge in [0.25, 0.3) is 0 Å². The van der Waals surface area contributed by atoms with E-state index >= 15 is 0 Å². The molecule has 30 heavy (non-hydrogen) atoms. The summed E-state index contributed by atoms with van der Waals surface area (Å²) in [5, 5.41) is 10.3. The quantitative estimate of drug-likeness (QED) is 0.317. The van der Waals surface area contributed by atoms with Crippen molar-refractivity contribution in [2.24, 2.45) is 5.92 Å². The van der Waals surface area contributed by atoms with Crippen LogP contribution in [0.3, 0.4) is 0 Å². The Morgan fingerprint density at radius 2 is 1.37 bits per heavy atom. The normalized spacial score (nSPS) is 23.3. The number of ether oxygens (including phenoxy) is 1. The second-order valence-corrected chi connectivity index (χ2v) is 9.51. The molecule has 2 nitrogen and oxygen atoms in total. The van der Waals surface area contributed by atoms with Gasteiger partial charge in [0.1, 0.15) is 5.76 Å². The van der Waals surface area contributed by atoms with E-state index in [9.17, 15) is 5.11 Å². The molecule has 0 saturated carbocycles. The molecule has 1 N–H and O–H groups in total. The van der Waals surface area contributed by atoms with E-state index in [2.05, 4.69) is 27.7 Å². The molecule has 0 saturated heterocycles. The monoisotopic (exact) mass is 422 g/mol. The first kappa shape index (κ1) is 29.2. The lowest BCUT2D eigenvalue weighted by atomic mass is 9.98. The van der Waals surface area contributed by atoms with Gasteiger partial charge in [-0.2, -0.15) is 0 Å². The van der Waals surface area contributed by atoms with Crippen LogP contribution in [0.2, 0.25) is 0 Å². The molecule has 0 fully saturated rings. The Hall–Kier alpha value is -0.760. The Balaban J connectivity index is 0.00000407. The van der Waals surface area contributed by atoms with Crippen molar-refractivity contribution >= 4 is 0 Å². The highest BCUT2D eigenvalue weighted by atomic mass is 16.5. The minimum atomic E-state index is 0.386. The summed E-state index contributed by atoms with van der Waals surface area (Å²) < 4.78 is 6.19. The van der Waals surface area contributed by atoms with Gasteiger partial charge in [-0.05, 0) is 69.1 Å². The molecular formula is C28H54O2. The molecule has 2 heteroatoms. The summed E-state index contributed by atoms with van der Waals surface area (Å²) >= 11 is 0. The zero-order valence-corrected chi connectivity index (χ0v) is 21.6. The highest BCUT2D eigenvalue weighted by Crippen LogP contribution is 2.24. The highest BCUT2D eigenvalue weighted by molar-refractivity contribution is 5.31. The van der Waals surface area contributed by atoms with Crippen LogP contribution in [0.1, 0.15) is 138 Å². The third-order valence-corrected chi connectivity index (χ3v) is 6.32. The van der Waals surface area contributed by atoms with Crippen molar-refractivity contribution < 1.29 is 9.84 Å². The Morgan fingerprint density at radius 1 is 0.833 bits per heavy atom. The van der Waals surface area contributed by atoms with Crippen molar-refractivity contribution in [1.29, 1.82) is 0 Å². The van der Waals surface area contributed by atoms with Gasteiger partial charge in [0.2, 0.25) is 0 Å². The van der Waals surface area contributed by atoms with Crippen LogP contribution in [0.4, 0.5) is 0 Å². The van der Waals surface area contributed by atoms with Crippen LogP contribution in [0.15, 0.2) is 22.5 Å². The Morgan fingerprint density at radius 3 is 1.93 bits per heavy atom. The summed E-state index contributed by atoms with van der Waals surface area (Å²) in [6, 6.07) is 0. The van der Waals surface area contributed by atoms with Gasteiger partial charge in [0, 0.05) is 0 Å². The molecular weight excluding hydrogens is 368 g/mol. The first-order chi connectivity index (χ1) is 14.4. The van der Waals surface area contributed by atoms with Gasteiger partial charge in [-0.25, -0.2) is 0 Å². The Labute approximate surface area is 189 Å². The van der Waals surface area contributed by atoms with Crippen molar-refractivity contribution in [2.75, 3.05) is 6.61 Å². The van der Waals surface area contributed by atoms with E-state index in [0.717, 1.165) is 41.9 Å². The van der Waals surface area contributed by atoms with Crippen molar-refractivity contribution in [1.82, 2.24) is 0 Å². The van der Waals surface area contributed by atoms with Crippen LogP contribution in [-0.2, 0) is 4.74 Å². The lowest BCUT2D eigenvalue weighted by molar-refractivity contribution is 0.0528. The number of hydrogen-bond acceptors (Lipinski definition) is 2. The first-order valence-electron chi connectivity index (χ1n) is 13.1. The Bertz CT molecular complexity index is 473. The van der Waals surface area contributed by atoms with Crippen LogP contribution >= 0.6 is 0 Å². The summed E-state index contributed by atoms with van der Waals surface area (Å²) in [6.07, 6.45) is 18.7. The lowest BCUT2D eigenvalue weighted by Gasteiger charge is -2.21. The molecule has 178 valence electrons. The van der Waals surface area contributed by atoms with Gasteiger partial charge in [0.05, 0.1) is 12.7 Å². The molecule has 0 spiro atoms. The van der Waals surface area contributed by atoms with Gasteiger partial charge < -0.3 is 9.84 Å².